The number of carbonyl (C=O) groups is 1. The lowest BCUT2D eigenvalue weighted by atomic mass is 9.75. The van der Waals surface area contributed by atoms with Crippen molar-refractivity contribution in [2.24, 2.45) is 11.3 Å². The molecule has 4 nitrogen and oxygen atoms in total. The Morgan fingerprint density at radius 1 is 1.47 bits per heavy atom. The van der Waals surface area contributed by atoms with Crippen LogP contribution in [0.1, 0.15) is 25.8 Å². The Morgan fingerprint density at radius 3 is 2.68 bits per heavy atom. The summed E-state index contributed by atoms with van der Waals surface area (Å²) in [7, 11) is 1.89. The second-order valence-electron chi connectivity index (χ2n) is 5.75. The number of nitrogens with one attached hydrogen (secondary N) is 1. The molecule has 1 unspecified atom stereocenters. The zero-order valence-electron chi connectivity index (χ0n) is 12.0. The fourth-order valence-corrected chi connectivity index (χ4v) is 2.85. The molecule has 1 aromatic rings. The van der Waals surface area contributed by atoms with E-state index in [9.17, 15) is 4.79 Å². The standard InChI is InChI=1S/C15H23N3O/c1-12(2)15(6-9-17-11-15)14(19)18(3)10-13-4-7-16-8-5-13/h4-5,7-8,12,17H,6,9-11H2,1-3H3. The quantitative estimate of drug-likeness (QED) is 0.897. The second kappa shape index (κ2) is 5.70. The molecule has 0 bridgehead atoms. The molecular formula is C15H23N3O. The lowest BCUT2D eigenvalue weighted by Gasteiger charge is -2.35. The van der Waals surface area contributed by atoms with Crippen molar-refractivity contribution < 1.29 is 4.79 Å². The first-order valence-electron chi connectivity index (χ1n) is 6.91. The number of rotatable bonds is 4. The summed E-state index contributed by atoms with van der Waals surface area (Å²) in [6.45, 7) is 6.67. The van der Waals surface area contributed by atoms with Crippen LogP contribution >= 0.6 is 0 Å². The van der Waals surface area contributed by atoms with Gasteiger partial charge in [-0.05, 0) is 36.6 Å². The van der Waals surface area contributed by atoms with E-state index in [1.54, 1.807) is 12.4 Å². The Hall–Kier alpha value is -1.42. The third-order valence-electron chi connectivity index (χ3n) is 4.24. The highest BCUT2D eigenvalue weighted by atomic mass is 16.2. The second-order valence-corrected chi connectivity index (χ2v) is 5.75. The molecule has 0 aromatic carbocycles. The number of aromatic nitrogens is 1. The van der Waals surface area contributed by atoms with Crippen molar-refractivity contribution in [2.75, 3.05) is 20.1 Å². The van der Waals surface area contributed by atoms with Crippen molar-refractivity contribution in [3.05, 3.63) is 30.1 Å². The average molecular weight is 261 g/mol. The van der Waals surface area contributed by atoms with Crippen LogP contribution in [0, 0.1) is 11.3 Å². The van der Waals surface area contributed by atoms with E-state index in [2.05, 4.69) is 24.1 Å². The maximum atomic E-state index is 12.8. The van der Waals surface area contributed by atoms with Gasteiger partial charge in [-0.1, -0.05) is 13.8 Å². The van der Waals surface area contributed by atoms with Crippen molar-refractivity contribution >= 4 is 5.91 Å². The maximum absolute atomic E-state index is 12.8. The van der Waals surface area contributed by atoms with Crippen LogP contribution in [0.5, 0.6) is 0 Å². The first-order chi connectivity index (χ1) is 9.06. The van der Waals surface area contributed by atoms with Gasteiger partial charge in [-0.25, -0.2) is 0 Å². The maximum Gasteiger partial charge on any atom is 0.230 e. The summed E-state index contributed by atoms with van der Waals surface area (Å²) in [4.78, 5) is 18.6. The van der Waals surface area contributed by atoms with Crippen LogP contribution in [0.3, 0.4) is 0 Å². The molecule has 0 aliphatic carbocycles. The molecule has 2 heterocycles. The van der Waals surface area contributed by atoms with Crippen molar-refractivity contribution in [3.63, 3.8) is 0 Å². The van der Waals surface area contributed by atoms with Gasteiger partial charge in [-0.3, -0.25) is 9.78 Å². The highest BCUT2D eigenvalue weighted by molar-refractivity contribution is 5.83. The van der Waals surface area contributed by atoms with Gasteiger partial charge in [0.15, 0.2) is 0 Å². The van der Waals surface area contributed by atoms with Crippen LogP contribution in [0.15, 0.2) is 24.5 Å². The van der Waals surface area contributed by atoms with Gasteiger partial charge in [0.1, 0.15) is 0 Å². The summed E-state index contributed by atoms with van der Waals surface area (Å²) in [5.74, 6) is 0.610. The monoisotopic (exact) mass is 261 g/mol. The van der Waals surface area contributed by atoms with Crippen molar-refractivity contribution in [3.8, 4) is 0 Å². The van der Waals surface area contributed by atoms with Crippen LogP contribution in [0.2, 0.25) is 0 Å². The Morgan fingerprint density at radius 2 is 2.16 bits per heavy atom. The summed E-state index contributed by atoms with van der Waals surface area (Å²) in [5, 5.41) is 3.34. The van der Waals surface area contributed by atoms with E-state index in [4.69, 9.17) is 0 Å². The predicted molar refractivity (Wildman–Crippen MR) is 75.5 cm³/mol. The summed E-state index contributed by atoms with van der Waals surface area (Å²) in [6, 6.07) is 3.91. The first-order valence-corrected chi connectivity index (χ1v) is 6.91. The molecule has 104 valence electrons. The number of nitrogens with zero attached hydrogens (tertiary/aromatic N) is 2. The van der Waals surface area contributed by atoms with Gasteiger partial charge in [0.05, 0.1) is 5.41 Å². The zero-order valence-corrected chi connectivity index (χ0v) is 12.0. The largest absolute Gasteiger partial charge is 0.341 e. The SMILES string of the molecule is CC(C)C1(C(=O)N(C)Cc2ccncc2)CCNC1. The van der Waals surface area contributed by atoms with Gasteiger partial charge in [0, 0.05) is 32.5 Å². The van der Waals surface area contributed by atoms with Gasteiger partial charge in [0.25, 0.3) is 0 Å². The molecule has 1 atom stereocenters. The lowest BCUT2D eigenvalue weighted by molar-refractivity contribution is -0.142. The van der Waals surface area contributed by atoms with Gasteiger partial charge < -0.3 is 10.2 Å². The number of hydrogen-bond donors (Lipinski definition) is 1. The molecule has 1 aromatic heterocycles. The highest BCUT2D eigenvalue weighted by Crippen LogP contribution is 2.36. The normalized spacial score (nSPS) is 22.7. The minimum atomic E-state index is -0.234. The van der Waals surface area contributed by atoms with E-state index in [1.807, 2.05) is 24.1 Å². The molecular weight excluding hydrogens is 238 g/mol. The molecule has 2 rings (SSSR count). The van der Waals surface area contributed by atoms with E-state index in [0.717, 1.165) is 25.1 Å². The van der Waals surface area contributed by atoms with Crippen LogP contribution in [-0.2, 0) is 11.3 Å². The third kappa shape index (κ3) is 2.78. The van der Waals surface area contributed by atoms with Crippen LogP contribution in [-0.4, -0.2) is 35.9 Å². The molecule has 1 amide bonds. The summed E-state index contributed by atoms with van der Waals surface area (Å²) in [5.41, 5.74) is 0.887. The van der Waals surface area contributed by atoms with Gasteiger partial charge in [-0.2, -0.15) is 0 Å². The van der Waals surface area contributed by atoms with Gasteiger partial charge in [0.2, 0.25) is 5.91 Å². The summed E-state index contributed by atoms with van der Waals surface area (Å²) in [6.07, 6.45) is 4.47. The van der Waals surface area contributed by atoms with E-state index >= 15 is 0 Å². The Labute approximate surface area is 115 Å². The molecule has 1 N–H and O–H groups in total. The van der Waals surface area contributed by atoms with Crippen LogP contribution in [0.4, 0.5) is 0 Å². The third-order valence-corrected chi connectivity index (χ3v) is 4.24. The van der Waals surface area contributed by atoms with Crippen molar-refractivity contribution in [1.82, 2.24) is 15.2 Å². The molecule has 0 saturated carbocycles. The molecule has 1 fully saturated rings. The van der Waals surface area contributed by atoms with E-state index in [1.165, 1.54) is 0 Å². The molecule has 19 heavy (non-hydrogen) atoms. The molecule has 0 spiro atoms. The molecule has 1 aliphatic rings. The van der Waals surface area contributed by atoms with Gasteiger partial charge >= 0.3 is 0 Å². The summed E-state index contributed by atoms with van der Waals surface area (Å²) >= 11 is 0. The number of pyridine rings is 1. The smallest absolute Gasteiger partial charge is 0.230 e. The molecule has 4 heteroatoms. The Kier molecular flexibility index (Phi) is 4.20. The predicted octanol–water partition coefficient (Wildman–Crippen LogP) is 1.68. The topological polar surface area (TPSA) is 45.2 Å². The van der Waals surface area contributed by atoms with Crippen molar-refractivity contribution in [2.45, 2.75) is 26.8 Å². The molecule has 1 aliphatic heterocycles. The Balaban J connectivity index is 2.10. The fraction of sp³-hybridized carbons (Fsp3) is 0.600. The van der Waals surface area contributed by atoms with Gasteiger partial charge in [-0.15, -0.1) is 0 Å². The van der Waals surface area contributed by atoms with E-state index in [-0.39, 0.29) is 11.3 Å². The molecule has 1 saturated heterocycles. The number of carbonyl (C=O) groups excluding carboxylic acids is 1. The van der Waals surface area contributed by atoms with E-state index in [0.29, 0.717) is 12.5 Å². The number of hydrogen-bond acceptors (Lipinski definition) is 3. The minimum Gasteiger partial charge on any atom is -0.341 e. The minimum absolute atomic E-state index is 0.234. The molecule has 0 radical (unpaired) electrons. The summed E-state index contributed by atoms with van der Waals surface area (Å²) < 4.78 is 0. The highest BCUT2D eigenvalue weighted by Gasteiger charge is 2.45. The number of amides is 1. The fourth-order valence-electron chi connectivity index (χ4n) is 2.85. The lowest BCUT2D eigenvalue weighted by Crippen LogP contribution is -2.46. The van der Waals surface area contributed by atoms with Crippen molar-refractivity contribution in [1.29, 1.82) is 0 Å². The van der Waals surface area contributed by atoms with Crippen LogP contribution in [0.25, 0.3) is 0 Å². The average Bonchev–Trinajstić information content (AvgIpc) is 2.89. The first kappa shape index (κ1) is 14.0. The van der Waals surface area contributed by atoms with Crippen LogP contribution < -0.4 is 5.32 Å². The Bertz CT molecular complexity index is 424. The zero-order chi connectivity index (χ0) is 13.9. The van der Waals surface area contributed by atoms with E-state index < -0.39 is 0 Å².